The van der Waals surface area contributed by atoms with Crippen LogP contribution in [0, 0.1) is 11.3 Å². The number of carbonyl (C=O) groups excluding carboxylic acids is 1. The maximum atomic E-state index is 13.5. The lowest BCUT2D eigenvalue weighted by molar-refractivity contribution is 0.213. The van der Waals surface area contributed by atoms with Crippen molar-refractivity contribution >= 4 is 39.5 Å². The van der Waals surface area contributed by atoms with Gasteiger partial charge in [-0.05, 0) is 55.8 Å². The summed E-state index contributed by atoms with van der Waals surface area (Å²) < 4.78 is 0. The molecule has 1 aliphatic rings. The number of fused-ring (bicyclic) bond motifs is 4. The molecule has 0 spiro atoms. The minimum atomic E-state index is -0.624. The summed E-state index contributed by atoms with van der Waals surface area (Å²) >= 11 is 0. The zero-order valence-corrected chi connectivity index (χ0v) is 20.1. The summed E-state index contributed by atoms with van der Waals surface area (Å²) in [5, 5.41) is 10.5. The topological polar surface area (TPSA) is 102 Å². The lowest BCUT2D eigenvalue weighted by atomic mass is 9.86. The van der Waals surface area contributed by atoms with Crippen LogP contribution in [0.15, 0.2) is 67.1 Å². The molecule has 6 rings (SSSR count). The van der Waals surface area contributed by atoms with Gasteiger partial charge in [-0.25, -0.2) is 14.8 Å². The van der Waals surface area contributed by atoms with Crippen molar-refractivity contribution in [1.29, 1.82) is 5.26 Å². The Hall–Kier alpha value is -4.77. The number of nitrogens with zero attached hydrogens (tertiary/aromatic N) is 6. The minimum absolute atomic E-state index is 0.148. The number of aromatic nitrogens is 4. The smallest absolute Gasteiger partial charge is 0.329 e. The molecule has 2 amide bonds. The Morgan fingerprint density at radius 1 is 1.06 bits per heavy atom. The Bertz CT molecular complexity index is 1700. The molecule has 4 aromatic heterocycles. The van der Waals surface area contributed by atoms with Gasteiger partial charge in [-0.3, -0.25) is 9.88 Å². The fourth-order valence-corrected chi connectivity index (χ4v) is 4.62. The summed E-state index contributed by atoms with van der Waals surface area (Å²) in [6.45, 7) is 4.19. The van der Waals surface area contributed by atoms with Gasteiger partial charge in [-0.2, -0.15) is 5.26 Å². The molecule has 0 saturated heterocycles. The third-order valence-electron chi connectivity index (χ3n) is 6.73. The Balaban J connectivity index is 1.53. The Kier molecular flexibility index (Phi) is 4.76. The maximum absolute atomic E-state index is 13.5. The van der Waals surface area contributed by atoms with Gasteiger partial charge >= 0.3 is 6.03 Å². The van der Waals surface area contributed by atoms with Gasteiger partial charge < -0.3 is 9.88 Å². The minimum Gasteiger partial charge on any atom is -0.346 e. The van der Waals surface area contributed by atoms with Crippen LogP contribution in [-0.4, -0.2) is 37.9 Å². The average molecular weight is 474 g/mol. The van der Waals surface area contributed by atoms with Crippen LogP contribution in [-0.2, 0) is 12.0 Å². The van der Waals surface area contributed by atoms with Crippen molar-refractivity contribution in [2.45, 2.75) is 25.8 Å². The van der Waals surface area contributed by atoms with E-state index in [1.54, 1.807) is 23.0 Å². The highest BCUT2D eigenvalue weighted by Gasteiger charge is 2.32. The van der Waals surface area contributed by atoms with Crippen LogP contribution < -0.4 is 4.90 Å². The van der Waals surface area contributed by atoms with E-state index in [1.807, 2.05) is 74.8 Å². The molecule has 1 aliphatic heterocycles. The Morgan fingerprint density at radius 3 is 2.64 bits per heavy atom. The van der Waals surface area contributed by atoms with Crippen LogP contribution in [0.4, 0.5) is 16.2 Å². The SMILES string of the molecule is CN1Cc2cnc3ccc(-c4cnc5[nH]ccc5c4)nc3c2N(c2ccc(C(C)(C)C#N)cc2)C1=O. The zero-order valence-electron chi connectivity index (χ0n) is 20.1. The van der Waals surface area contributed by atoms with E-state index in [9.17, 15) is 10.1 Å². The molecule has 36 heavy (non-hydrogen) atoms. The van der Waals surface area contributed by atoms with Crippen molar-refractivity contribution in [3.8, 4) is 17.3 Å². The Labute approximate surface area is 207 Å². The van der Waals surface area contributed by atoms with E-state index in [0.29, 0.717) is 23.3 Å². The highest BCUT2D eigenvalue weighted by Crippen LogP contribution is 2.39. The van der Waals surface area contributed by atoms with Crippen molar-refractivity contribution < 1.29 is 4.79 Å². The molecule has 1 N–H and O–H groups in total. The first-order chi connectivity index (χ1) is 17.4. The third-order valence-corrected chi connectivity index (χ3v) is 6.73. The molecule has 0 radical (unpaired) electrons. The number of nitrogens with one attached hydrogen (secondary N) is 1. The van der Waals surface area contributed by atoms with Gasteiger partial charge in [0.25, 0.3) is 0 Å². The van der Waals surface area contributed by atoms with Crippen LogP contribution in [0.2, 0.25) is 0 Å². The molecule has 8 nitrogen and oxygen atoms in total. The Morgan fingerprint density at radius 2 is 1.86 bits per heavy atom. The number of urea groups is 1. The second-order valence-electron chi connectivity index (χ2n) is 9.59. The monoisotopic (exact) mass is 473 g/mol. The van der Waals surface area contributed by atoms with Crippen LogP contribution in [0.5, 0.6) is 0 Å². The molecule has 0 aliphatic carbocycles. The van der Waals surface area contributed by atoms with Gasteiger partial charge in [-0.1, -0.05) is 12.1 Å². The van der Waals surface area contributed by atoms with E-state index >= 15 is 0 Å². The lowest BCUT2D eigenvalue weighted by Crippen LogP contribution is -2.42. The van der Waals surface area contributed by atoms with Crippen molar-refractivity contribution in [3.63, 3.8) is 0 Å². The molecule has 0 fully saturated rings. The molecule has 0 bridgehead atoms. The summed E-state index contributed by atoms with van der Waals surface area (Å²) in [5.74, 6) is 0. The van der Waals surface area contributed by atoms with Crippen molar-refractivity contribution in [1.82, 2.24) is 24.8 Å². The standard InChI is InChI=1S/C28H23N7O/c1-28(2,16-29)20-4-6-21(7-5-20)35-25-19(15-34(3)27(35)36)14-31-23-9-8-22(33-24(23)25)18-12-17-10-11-30-26(17)32-13-18/h4-14H,15H2,1-3H3,(H,30,32). The number of pyridine rings is 3. The first-order valence-electron chi connectivity index (χ1n) is 11.6. The zero-order chi connectivity index (χ0) is 25.0. The van der Waals surface area contributed by atoms with E-state index in [1.165, 1.54) is 0 Å². The van der Waals surface area contributed by atoms with E-state index in [2.05, 4.69) is 21.0 Å². The average Bonchev–Trinajstić information content (AvgIpc) is 3.37. The molecular weight excluding hydrogens is 450 g/mol. The van der Waals surface area contributed by atoms with E-state index in [0.717, 1.165) is 39.1 Å². The fourth-order valence-electron chi connectivity index (χ4n) is 4.62. The number of anilines is 2. The number of carbonyl (C=O) groups is 1. The van der Waals surface area contributed by atoms with Crippen molar-refractivity contribution in [3.05, 3.63) is 78.2 Å². The number of nitriles is 1. The number of hydrogen-bond acceptors (Lipinski definition) is 5. The molecule has 0 atom stereocenters. The number of rotatable bonds is 3. The predicted molar refractivity (Wildman–Crippen MR) is 139 cm³/mol. The first kappa shape index (κ1) is 21.7. The molecule has 5 aromatic rings. The summed E-state index contributed by atoms with van der Waals surface area (Å²) in [7, 11) is 1.78. The summed E-state index contributed by atoms with van der Waals surface area (Å²) in [6.07, 6.45) is 5.47. The van der Waals surface area contributed by atoms with Crippen LogP contribution in [0.25, 0.3) is 33.3 Å². The molecule has 8 heteroatoms. The second kappa shape index (κ2) is 7.89. The van der Waals surface area contributed by atoms with Crippen molar-refractivity contribution in [2.24, 2.45) is 0 Å². The van der Waals surface area contributed by atoms with E-state index in [-0.39, 0.29) is 6.03 Å². The number of H-pyrrole nitrogens is 1. The largest absolute Gasteiger partial charge is 0.346 e. The van der Waals surface area contributed by atoms with Gasteiger partial charge in [0.2, 0.25) is 0 Å². The fraction of sp³-hybridized carbons (Fsp3) is 0.179. The molecule has 0 unspecified atom stereocenters. The second-order valence-corrected chi connectivity index (χ2v) is 9.59. The normalized spacial score (nSPS) is 13.8. The third kappa shape index (κ3) is 3.36. The van der Waals surface area contributed by atoms with E-state index in [4.69, 9.17) is 4.98 Å². The van der Waals surface area contributed by atoms with Gasteiger partial charge in [0, 0.05) is 42.2 Å². The molecule has 1 aromatic carbocycles. The molecule has 5 heterocycles. The van der Waals surface area contributed by atoms with Crippen LogP contribution in [0.1, 0.15) is 25.0 Å². The highest BCUT2D eigenvalue weighted by atomic mass is 16.2. The van der Waals surface area contributed by atoms with Gasteiger partial charge in [-0.15, -0.1) is 0 Å². The summed E-state index contributed by atoms with van der Waals surface area (Å²) in [5.41, 5.74) is 6.44. The predicted octanol–water partition coefficient (Wildman–Crippen LogP) is 5.68. The quantitative estimate of drug-likeness (QED) is 0.363. The van der Waals surface area contributed by atoms with Gasteiger partial charge in [0.15, 0.2) is 0 Å². The van der Waals surface area contributed by atoms with E-state index < -0.39 is 5.41 Å². The van der Waals surface area contributed by atoms with Crippen molar-refractivity contribution in [2.75, 3.05) is 11.9 Å². The number of benzene rings is 1. The van der Waals surface area contributed by atoms with Gasteiger partial charge in [0.05, 0.1) is 40.6 Å². The first-order valence-corrected chi connectivity index (χ1v) is 11.6. The van der Waals surface area contributed by atoms with Gasteiger partial charge in [0.1, 0.15) is 11.2 Å². The number of hydrogen-bond donors (Lipinski definition) is 1. The molecule has 0 saturated carbocycles. The lowest BCUT2D eigenvalue weighted by Gasteiger charge is -2.35. The number of amides is 2. The van der Waals surface area contributed by atoms with Crippen LogP contribution in [0.3, 0.4) is 0 Å². The molecular formula is C28H23N7O. The summed E-state index contributed by atoms with van der Waals surface area (Å²) in [4.78, 5) is 34.1. The highest BCUT2D eigenvalue weighted by molar-refractivity contribution is 6.08. The molecule has 176 valence electrons. The van der Waals surface area contributed by atoms with Crippen LogP contribution >= 0.6 is 0 Å². The maximum Gasteiger partial charge on any atom is 0.329 e. The summed E-state index contributed by atoms with van der Waals surface area (Å²) in [6, 6.07) is 17.6. The number of aromatic amines is 1.